The Morgan fingerprint density at radius 2 is 2.26 bits per heavy atom. The lowest BCUT2D eigenvalue weighted by atomic mass is 10.3. The molecule has 0 radical (unpaired) electrons. The lowest BCUT2D eigenvalue weighted by Gasteiger charge is -2.06. The summed E-state index contributed by atoms with van der Waals surface area (Å²) in [6.45, 7) is 0.813. The summed E-state index contributed by atoms with van der Waals surface area (Å²) in [5.74, 6) is 1.63. The van der Waals surface area contributed by atoms with Crippen LogP contribution in [0.1, 0.15) is 10.7 Å². The molecule has 0 unspecified atom stereocenters. The monoisotopic (exact) mass is 403 g/mol. The van der Waals surface area contributed by atoms with Gasteiger partial charge >= 0.3 is 0 Å². The molecular formula is C13H11ClIN3S. The van der Waals surface area contributed by atoms with Crippen molar-refractivity contribution in [1.82, 2.24) is 14.5 Å². The van der Waals surface area contributed by atoms with Gasteiger partial charge in [-0.25, -0.2) is 4.98 Å². The zero-order valence-corrected chi connectivity index (χ0v) is 13.7. The van der Waals surface area contributed by atoms with E-state index in [9.17, 15) is 0 Å². The van der Waals surface area contributed by atoms with E-state index in [1.807, 2.05) is 11.7 Å². The number of benzene rings is 1. The number of nitrogens with zero attached hydrogens (tertiary/aromatic N) is 3. The molecule has 6 heteroatoms. The van der Waals surface area contributed by atoms with Crippen LogP contribution in [0, 0.1) is 3.57 Å². The molecule has 0 fully saturated rings. The van der Waals surface area contributed by atoms with Crippen molar-refractivity contribution in [1.29, 1.82) is 0 Å². The molecule has 0 bridgehead atoms. The number of imidazole rings is 1. The van der Waals surface area contributed by atoms with E-state index in [0.29, 0.717) is 5.88 Å². The number of hydrogen-bond acceptors (Lipinski definition) is 3. The predicted octanol–water partition coefficient (Wildman–Crippen LogP) is 3.93. The van der Waals surface area contributed by atoms with Crippen LogP contribution in [-0.4, -0.2) is 20.4 Å². The first-order chi connectivity index (χ1) is 9.28. The van der Waals surface area contributed by atoms with Crippen molar-refractivity contribution >= 4 is 56.6 Å². The van der Waals surface area contributed by atoms with Crippen LogP contribution in [0.2, 0.25) is 0 Å². The highest BCUT2D eigenvalue weighted by Gasteiger charge is 2.11. The molecule has 0 aliphatic heterocycles. The number of alkyl halides is 1. The van der Waals surface area contributed by atoms with Crippen molar-refractivity contribution in [3.8, 4) is 0 Å². The molecule has 0 aliphatic carbocycles. The van der Waals surface area contributed by atoms with Crippen LogP contribution in [0.15, 0.2) is 29.9 Å². The zero-order valence-electron chi connectivity index (χ0n) is 10.0. The minimum absolute atomic E-state index is 0.586. The van der Waals surface area contributed by atoms with E-state index >= 15 is 0 Å². The third kappa shape index (κ3) is 2.78. The number of halogens is 2. The first kappa shape index (κ1) is 13.3. The molecule has 3 rings (SSSR count). The lowest BCUT2D eigenvalue weighted by molar-refractivity contribution is 0.762. The van der Waals surface area contributed by atoms with Gasteiger partial charge in [-0.3, -0.25) is 4.98 Å². The van der Waals surface area contributed by atoms with E-state index in [1.54, 1.807) is 11.3 Å². The maximum atomic E-state index is 5.88. The lowest BCUT2D eigenvalue weighted by Crippen LogP contribution is -2.04. The molecule has 0 amide bonds. The SMILES string of the molecule is ClCCc1nc2cc(I)ccc2n1Cc1cncs1. The summed E-state index contributed by atoms with van der Waals surface area (Å²) in [7, 11) is 0. The van der Waals surface area contributed by atoms with Gasteiger partial charge in [-0.15, -0.1) is 22.9 Å². The van der Waals surface area contributed by atoms with Crippen molar-refractivity contribution in [3.05, 3.63) is 44.2 Å². The summed E-state index contributed by atoms with van der Waals surface area (Å²) in [6, 6.07) is 6.35. The zero-order chi connectivity index (χ0) is 13.2. The summed E-state index contributed by atoms with van der Waals surface area (Å²) in [5, 5.41) is 0. The van der Waals surface area contributed by atoms with Crippen LogP contribution in [0.4, 0.5) is 0 Å². The summed E-state index contributed by atoms with van der Waals surface area (Å²) in [4.78, 5) is 10.1. The van der Waals surface area contributed by atoms with Crippen LogP contribution < -0.4 is 0 Å². The second-order valence-corrected chi connectivity index (χ2v) is 6.75. The maximum absolute atomic E-state index is 5.88. The minimum Gasteiger partial charge on any atom is -0.323 e. The number of thiazole rings is 1. The van der Waals surface area contributed by atoms with Gasteiger partial charge in [0.05, 0.1) is 23.1 Å². The van der Waals surface area contributed by atoms with Crippen molar-refractivity contribution in [2.24, 2.45) is 0 Å². The number of fused-ring (bicyclic) bond motifs is 1. The quantitative estimate of drug-likeness (QED) is 0.488. The molecule has 3 nitrogen and oxygen atoms in total. The highest BCUT2D eigenvalue weighted by atomic mass is 127. The van der Waals surface area contributed by atoms with Gasteiger partial charge in [0.2, 0.25) is 0 Å². The second-order valence-electron chi connectivity index (χ2n) is 4.15. The van der Waals surface area contributed by atoms with Gasteiger partial charge in [0, 0.05) is 26.9 Å². The smallest absolute Gasteiger partial charge is 0.111 e. The Bertz CT molecular complexity index is 693. The standard InChI is InChI=1S/C13H11ClIN3S/c14-4-3-13-17-11-5-9(15)1-2-12(11)18(13)7-10-6-16-8-19-10/h1-2,5-6,8H,3-4,7H2. The molecule has 98 valence electrons. The van der Waals surface area contributed by atoms with Crippen molar-refractivity contribution in [3.63, 3.8) is 0 Å². The van der Waals surface area contributed by atoms with Crippen LogP contribution in [-0.2, 0) is 13.0 Å². The molecule has 1 aromatic carbocycles. The second kappa shape index (κ2) is 5.76. The molecule has 0 spiro atoms. The molecule has 0 aliphatic rings. The Morgan fingerprint density at radius 1 is 1.37 bits per heavy atom. The third-order valence-electron chi connectivity index (χ3n) is 2.90. The average Bonchev–Trinajstić information content (AvgIpc) is 2.99. The first-order valence-corrected chi connectivity index (χ1v) is 8.35. The normalized spacial score (nSPS) is 11.3. The van der Waals surface area contributed by atoms with Crippen molar-refractivity contribution < 1.29 is 0 Å². The van der Waals surface area contributed by atoms with Gasteiger partial charge in [0.15, 0.2) is 0 Å². The summed E-state index contributed by atoms with van der Waals surface area (Å²) >= 11 is 9.86. The fourth-order valence-corrected chi connectivity index (χ4v) is 3.31. The average molecular weight is 404 g/mol. The van der Waals surface area contributed by atoms with E-state index < -0.39 is 0 Å². The first-order valence-electron chi connectivity index (χ1n) is 5.86. The van der Waals surface area contributed by atoms with Crippen molar-refractivity contribution in [2.45, 2.75) is 13.0 Å². The highest BCUT2D eigenvalue weighted by molar-refractivity contribution is 14.1. The van der Waals surface area contributed by atoms with E-state index in [0.717, 1.165) is 29.8 Å². The highest BCUT2D eigenvalue weighted by Crippen LogP contribution is 2.22. The molecular weight excluding hydrogens is 393 g/mol. The van der Waals surface area contributed by atoms with Gasteiger partial charge < -0.3 is 4.57 Å². The van der Waals surface area contributed by atoms with Gasteiger partial charge in [0.1, 0.15) is 5.82 Å². The maximum Gasteiger partial charge on any atom is 0.111 e. The largest absolute Gasteiger partial charge is 0.323 e. The van der Waals surface area contributed by atoms with E-state index in [4.69, 9.17) is 16.6 Å². The van der Waals surface area contributed by atoms with Crippen LogP contribution >= 0.6 is 45.5 Å². The number of hydrogen-bond donors (Lipinski definition) is 0. The number of aromatic nitrogens is 3. The molecule has 19 heavy (non-hydrogen) atoms. The van der Waals surface area contributed by atoms with Crippen molar-refractivity contribution in [2.75, 3.05) is 5.88 Å². The predicted molar refractivity (Wildman–Crippen MR) is 88.1 cm³/mol. The minimum atomic E-state index is 0.586. The Labute approximate surface area is 133 Å². The molecule has 0 atom stereocenters. The summed E-state index contributed by atoms with van der Waals surface area (Å²) in [5.41, 5.74) is 4.06. The summed E-state index contributed by atoms with van der Waals surface area (Å²) < 4.78 is 3.44. The molecule has 2 heterocycles. The van der Waals surface area contributed by atoms with Crippen LogP contribution in [0.25, 0.3) is 11.0 Å². The van der Waals surface area contributed by atoms with Gasteiger partial charge in [-0.2, -0.15) is 0 Å². The molecule has 3 aromatic rings. The Morgan fingerprint density at radius 3 is 3.00 bits per heavy atom. The number of rotatable bonds is 4. The van der Waals surface area contributed by atoms with E-state index in [-0.39, 0.29) is 0 Å². The van der Waals surface area contributed by atoms with Gasteiger partial charge in [0.25, 0.3) is 0 Å². The Kier molecular flexibility index (Phi) is 4.04. The van der Waals surface area contributed by atoms with Gasteiger partial charge in [-0.05, 0) is 40.8 Å². The van der Waals surface area contributed by atoms with Crippen LogP contribution in [0.5, 0.6) is 0 Å². The summed E-state index contributed by atoms with van der Waals surface area (Å²) in [6.07, 6.45) is 2.69. The fourth-order valence-electron chi connectivity index (χ4n) is 2.08. The van der Waals surface area contributed by atoms with E-state index in [1.165, 1.54) is 8.45 Å². The topological polar surface area (TPSA) is 30.7 Å². The van der Waals surface area contributed by atoms with Crippen LogP contribution in [0.3, 0.4) is 0 Å². The fraction of sp³-hybridized carbons (Fsp3) is 0.231. The Hall–Kier alpha value is -0.660. The molecule has 2 aromatic heterocycles. The molecule has 0 saturated carbocycles. The van der Waals surface area contributed by atoms with E-state index in [2.05, 4.69) is 50.3 Å². The third-order valence-corrected chi connectivity index (χ3v) is 4.53. The molecule has 0 saturated heterocycles. The Balaban J connectivity index is 2.10. The molecule has 0 N–H and O–H groups in total. The van der Waals surface area contributed by atoms with Gasteiger partial charge in [-0.1, -0.05) is 0 Å². The number of aryl methyl sites for hydroxylation is 1.